The molecule has 1 atom stereocenters. The molecular weight excluding hydrogens is 428 g/mol. The summed E-state index contributed by atoms with van der Waals surface area (Å²) in [7, 11) is -3.64. The van der Waals surface area contributed by atoms with Gasteiger partial charge in [-0.15, -0.1) is 0 Å². The van der Waals surface area contributed by atoms with E-state index in [9.17, 15) is 13.2 Å². The van der Waals surface area contributed by atoms with Crippen LogP contribution in [-0.2, 0) is 20.6 Å². The van der Waals surface area contributed by atoms with Crippen molar-refractivity contribution < 1.29 is 13.2 Å². The summed E-state index contributed by atoms with van der Waals surface area (Å²) in [6, 6.07) is 13.9. The number of hydrogen-bond donors (Lipinski definition) is 1. The van der Waals surface area contributed by atoms with Crippen molar-refractivity contribution >= 4 is 45.0 Å². The van der Waals surface area contributed by atoms with Gasteiger partial charge in [0.1, 0.15) is 6.04 Å². The average Bonchev–Trinajstić information content (AvgIpc) is 2.67. The van der Waals surface area contributed by atoms with Crippen LogP contribution in [0.4, 0.5) is 5.69 Å². The fourth-order valence-electron chi connectivity index (χ4n) is 2.97. The Morgan fingerprint density at radius 1 is 1.17 bits per heavy atom. The Hall–Kier alpha value is -1.70. The van der Waals surface area contributed by atoms with E-state index in [1.807, 2.05) is 12.1 Å². The molecule has 2 rings (SSSR count). The molecule has 0 spiro atoms. The first kappa shape index (κ1) is 23.6. The fourth-order valence-corrected chi connectivity index (χ4v) is 5.24. The highest BCUT2D eigenvalue weighted by atomic mass is 35.5. The Labute approximate surface area is 182 Å². The summed E-state index contributed by atoms with van der Waals surface area (Å²) in [5.74, 6) is 1.32. The van der Waals surface area contributed by atoms with E-state index < -0.39 is 16.1 Å². The minimum Gasteiger partial charge on any atom is -0.353 e. The summed E-state index contributed by atoms with van der Waals surface area (Å²) in [6.45, 7) is 4.36. The monoisotopic (exact) mass is 454 g/mol. The SMILES string of the molecule is CC[C@H](C(=O)NCCSCc1ccccc1C)N(c1ccc(Cl)cc1)S(C)(=O)=O. The number of benzene rings is 2. The molecule has 0 heterocycles. The summed E-state index contributed by atoms with van der Waals surface area (Å²) >= 11 is 7.64. The third kappa shape index (κ3) is 6.94. The molecule has 29 heavy (non-hydrogen) atoms. The van der Waals surface area contributed by atoms with Crippen LogP contribution in [0.5, 0.6) is 0 Å². The first-order valence-electron chi connectivity index (χ1n) is 9.39. The van der Waals surface area contributed by atoms with Gasteiger partial charge in [0.25, 0.3) is 0 Å². The van der Waals surface area contributed by atoms with E-state index in [2.05, 4.69) is 24.4 Å². The summed E-state index contributed by atoms with van der Waals surface area (Å²) in [6.07, 6.45) is 1.47. The quantitative estimate of drug-likeness (QED) is 0.545. The van der Waals surface area contributed by atoms with Gasteiger partial charge in [-0.3, -0.25) is 9.10 Å². The second-order valence-electron chi connectivity index (χ2n) is 6.73. The number of amides is 1. The maximum absolute atomic E-state index is 12.7. The van der Waals surface area contributed by atoms with E-state index in [0.717, 1.165) is 17.8 Å². The number of nitrogens with zero attached hydrogens (tertiary/aromatic N) is 1. The molecular formula is C21H27ClN2O3S2. The van der Waals surface area contributed by atoms with Crippen LogP contribution < -0.4 is 9.62 Å². The van der Waals surface area contributed by atoms with Crippen molar-refractivity contribution in [2.75, 3.05) is 22.9 Å². The van der Waals surface area contributed by atoms with Gasteiger partial charge in [0.15, 0.2) is 0 Å². The van der Waals surface area contributed by atoms with Gasteiger partial charge < -0.3 is 5.32 Å². The second-order valence-corrected chi connectivity index (χ2v) is 10.1. The average molecular weight is 455 g/mol. The van der Waals surface area contributed by atoms with E-state index in [-0.39, 0.29) is 5.91 Å². The highest BCUT2D eigenvalue weighted by molar-refractivity contribution is 7.98. The van der Waals surface area contributed by atoms with Crippen LogP contribution in [0.3, 0.4) is 0 Å². The molecule has 0 bridgehead atoms. The van der Waals surface area contributed by atoms with Crippen molar-refractivity contribution in [1.82, 2.24) is 5.32 Å². The third-order valence-corrected chi connectivity index (χ3v) is 6.92. The van der Waals surface area contributed by atoms with Gasteiger partial charge in [0, 0.05) is 23.1 Å². The number of aryl methyl sites for hydroxylation is 1. The van der Waals surface area contributed by atoms with Crippen molar-refractivity contribution in [1.29, 1.82) is 0 Å². The Morgan fingerprint density at radius 2 is 1.83 bits per heavy atom. The summed E-state index contributed by atoms with van der Waals surface area (Å²) in [4.78, 5) is 12.7. The van der Waals surface area contributed by atoms with Crippen molar-refractivity contribution in [3.8, 4) is 0 Å². The van der Waals surface area contributed by atoms with Crippen LogP contribution >= 0.6 is 23.4 Å². The number of anilines is 1. The second kappa shape index (κ2) is 10.9. The van der Waals surface area contributed by atoms with Gasteiger partial charge in [0.2, 0.25) is 15.9 Å². The van der Waals surface area contributed by atoms with E-state index in [1.165, 1.54) is 15.4 Å². The topological polar surface area (TPSA) is 66.5 Å². The molecule has 0 unspecified atom stereocenters. The number of sulfonamides is 1. The zero-order chi connectivity index (χ0) is 21.4. The molecule has 8 heteroatoms. The van der Waals surface area contributed by atoms with E-state index >= 15 is 0 Å². The van der Waals surface area contributed by atoms with Crippen molar-refractivity contribution in [2.24, 2.45) is 0 Å². The largest absolute Gasteiger partial charge is 0.353 e. The smallest absolute Gasteiger partial charge is 0.243 e. The molecule has 0 aliphatic carbocycles. The lowest BCUT2D eigenvalue weighted by Gasteiger charge is -2.30. The number of thioether (sulfide) groups is 1. The van der Waals surface area contributed by atoms with Crippen LogP contribution in [0.1, 0.15) is 24.5 Å². The Bertz CT molecular complexity index is 918. The molecule has 0 radical (unpaired) electrons. The molecule has 0 aliphatic heterocycles. The molecule has 158 valence electrons. The molecule has 0 saturated carbocycles. The number of halogens is 1. The fraction of sp³-hybridized carbons (Fsp3) is 0.381. The number of nitrogens with one attached hydrogen (secondary N) is 1. The van der Waals surface area contributed by atoms with Crippen LogP contribution in [0.2, 0.25) is 5.02 Å². The standard InChI is InChI=1S/C21H27ClN2O3S2/c1-4-20(24(29(3,26)27)19-11-9-18(22)10-12-19)21(25)23-13-14-28-15-17-8-6-5-7-16(17)2/h5-12,20H,4,13-15H2,1-3H3,(H,23,25)/t20-/m1/s1. The van der Waals surface area contributed by atoms with Crippen LogP contribution in [0.15, 0.2) is 48.5 Å². The molecule has 0 saturated heterocycles. The number of hydrogen-bond acceptors (Lipinski definition) is 4. The minimum absolute atomic E-state index is 0.302. The molecule has 2 aromatic carbocycles. The minimum atomic E-state index is -3.64. The normalized spacial score (nSPS) is 12.4. The first-order valence-corrected chi connectivity index (χ1v) is 12.8. The van der Waals surface area contributed by atoms with Gasteiger partial charge in [0.05, 0.1) is 11.9 Å². The van der Waals surface area contributed by atoms with Gasteiger partial charge in [-0.2, -0.15) is 11.8 Å². The first-order chi connectivity index (χ1) is 13.7. The van der Waals surface area contributed by atoms with Crippen LogP contribution in [0, 0.1) is 6.92 Å². The predicted octanol–water partition coefficient (Wildman–Crippen LogP) is 4.24. The van der Waals surface area contributed by atoms with Gasteiger partial charge in [-0.1, -0.05) is 42.8 Å². The number of carbonyl (C=O) groups excluding carboxylic acids is 1. The van der Waals surface area contributed by atoms with Crippen molar-refractivity contribution in [3.63, 3.8) is 0 Å². The van der Waals surface area contributed by atoms with Crippen LogP contribution in [0.25, 0.3) is 0 Å². The van der Waals surface area contributed by atoms with Gasteiger partial charge in [-0.05, 0) is 48.7 Å². The predicted molar refractivity (Wildman–Crippen MR) is 123 cm³/mol. The highest BCUT2D eigenvalue weighted by Gasteiger charge is 2.31. The molecule has 0 aliphatic rings. The number of carbonyl (C=O) groups is 1. The lowest BCUT2D eigenvalue weighted by molar-refractivity contribution is -0.122. The Kier molecular flexibility index (Phi) is 8.86. The third-order valence-electron chi connectivity index (χ3n) is 4.48. The summed E-state index contributed by atoms with van der Waals surface area (Å²) < 4.78 is 26.0. The van der Waals surface area contributed by atoms with Crippen molar-refractivity contribution in [2.45, 2.75) is 32.1 Å². The zero-order valence-corrected chi connectivity index (χ0v) is 19.3. The van der Waals surface area contributed by atoms with Gasteiger partial charge in [-0.25, -0.2) is 8.42 Å². The lowest BCUT2D eigenvalue weighted by Crippen LogP contribution is -2.49. The highest BCUT2D eigenvalue weighted by Crippen LogP contribution is 2.24. The maximum Gasteiger partial charge on any atom is 0.243 e. The van der Waals surface area contributed by atoms with Crippen LogP contribution in [-0.4, -0.2) is 38.9 Å². The lowest BCUT2D eigenvalue weighted by atomic mass is 10.1. The molecule has 1 N–H and O–H groups in total. The maximum atomic E-state index is 12.7. The Morgan fingerprint density at radius 3 is 2.41 bits per heavy atom. The Balaban J connectivity index is 1.97. The van der Waals surface area contributed by atoms with E-state index in [4.69, 9.17) is 11.6 Å². The van der Waals surface area contributed by atoms with E-state index in [1.54, 1.807) is 43.0 Å². The molecule has 5 nitrogen and oxygen atoms in total. The molecule has 0 fully saturated rings. The van der Waals surface area contributed by atoms with Gasteiger partial charge >= 0.3 is 0 Å². The number of rotatable bonds is 10. The summed E-state index contributed by atoms with van der Waals surface area (Å²) in [5.41, 5.74) is 2.95. The summed E-state index contributed by atoms with van der Waals surface area (Å²) in [5, 5.41) is 3.38. The zero-order valence-electron chi connectivity index (χ0n) is 16.9. The molecule has 0 aromatic heterocycles. The van der Waals surface area contributed by atoms with Crippen molar-refractivity contribution in [3.05, 3.63) is 64.7 Å². The van der Waals surface area contributed by atoms with E-state index in [0.29, 0.717) is 23.7 Å². The molecule has 1 amide bonds. The molecule has 2 aromatic rings.